The summed E-state index contributed by atoms with van der Waals surface area (Å²) < 4.78 is 0. The first-order valence-electron chi connectivity index (χ1n) is 8.68. The highest BCUT2D eigenvalue weighted by atomic mass is 16.2. The SMILES string of the molecule is Cc1ccc(N2C(=O)C=CC2=C(c2ccccc2)c2ccccc2)cc1. The van der Waals surface area contributed by atoms with Crippen molar-refractivity contribution >= 4 is 17.2 Å². The summed E-state index contributed by atoms with van der Waals surface area (Å²) in [5.41, 5.74) is 6.18. The van der Waals surface area contributed by atoms with E-state index in [0.29, 0.717) is 0 Å². The third kappa shape index (κ3) is 2.98. The Balaban J connectivity index is 1.94. The van der Waals surface area contributed by atoms with Gasteiger partial charge in [-0.1, -0.05) is 78.4 Å². The van der Waals surface area contributed by atoms with Gasteiger partial charge in [0.25, 0.3) is 5.91 Å². The van der Waals surface area contributed by atoms with Crippen LogP contribution in [0.5, 0.6) is 0 Å². The molecule has 0 N–H and O–H groups in total. The topological polar surface area (TPSA) is 20.3 Å². The molecular weight excluding hydrogens is 318 g/mol. The van der Waals surface area contributed by atoms with Crippen molar-refractivity contribution in [2.45, 2.75) is 6.92 Å². The zero-order valence-corrected chi connectivity index (χ0v) is 14.6. The summed E-state index contributed by atoms with van der Waals surface area (Å²) in [4.78, 5) is 14.4. The first-order valence-corrected chi connectivity index (χ1v) is 8.68. The molecule has 1 heterocycles. The van der Waals surface area contributed by atoms with Gasteiger partial charge in [-0.15, -0.1) is 0 Å². The highest BCUT2D eigenvalue weighted by Gasteiger charge is 2.26. The number of carbonyl (C=O) groups is 1. The number of carbonyl (C=O) groups excluding carboxylic acids is 1. The Kier molecular flexibility index (Phi) is 4.24. The Morgan fingerprint density at radius 1 is 0.692 bits per heavy atom. The lowest BCUT2D eigenvalue weighted by Crippen LogP contribution is -2.24. The molecule has 1 amide bonds. The standard InChI is InChI=1S/C24H19NO/c1-18-12-14-21(15-13-18)25-22(16-17-23(25)26)24(19-8-4-2-5-9-19)20-10-6-3-7-11-20/h2-17H,1H3. The normalized spacial score (nSPS) is 13.3. The number of aryl methyl sites for hydroxylation is 1. The fourth-order valence-electron chi connectivity index (χ4n) is 3.25. The van der Waals surface area contributed by atoms with Gasteiger partial charge in [0, 0.05) is 17.3 Å². The molecule has 1 aliphatic heterocycles. The van der Waals surface area contributed by atoms with Crippen LogP contribution in [0.25, 0.3) is 5.57 Å². The van der Waals surface area contributed by atoms with Gasteiger partial charge in [-0.05, 0) is 36.3 Å². The van der Waals surface area contributed by atoms with Crippen LogP contribution in [-0.2, 0) is 4.79 Å². The molecule has 3 aromatic rings. The highest BCUT2D eigenvalue weighted by molar-refractivity contribution is 6.11. The van der Waals surface area contributed by atoms with Crippen molar-refractivity contribution in [1.82, 2.24) is 0 Å². The van der Waals surface area contributed by atoms with Gasteiger partial charge in [0.05, 0.1) is 5.70 Å². The maximum Gasteiger partial charge on any atom is 0.255 e. The van der Waals surface area contributed by atoms with E-state index in [4.69, 9.17) is 0 Å². The maximum absolute atomic E-state index is 12.6. The summed E-state index contributed by atoms with van der Waals surface area (Å²) in [6.45, 7) is 2.05. The van der Waals surface area contributed by atoms with Crippen molar-refractivity contribution in [1.29, 1.82) is 0 Å². The van der Waals surface area contributed by atoms with E-state index in [-0.39, 0.29) is 5.91 Å². The molecule has 126 valence electrons. The molecule has 26 heavy (non-hydrogen) atoms. The predicted molar refractivity (Wildman–Crippen MR) is 107 cm³/mol. The van der Waals surface area contributed by atoms with Crippen LogP contribution in [0.15, 0.2) is 103 Å². The Bertz CT molecular complexity index is 942. The van der Waals surface area contributed by atoms with E-state index < -0.39 is 0 Å². The van der Waals surface area contributed by atoms with E-state index >= 15 is 0 Å². The quantitative estimate of drug-likeness (QED) is 0.630. The predicted octanol–water partition coefficient (Wildman–Crippen LogP) is 5.36. The van der Waals surface area contributed by atoms with Crippen molar-refractivity contribution in [3.05, 3.63) is 119 Å². The minimum atomic E-state index is -0.0202. The molecule has 0 aliphatic carbocycles. The van der Waals surface area contributed by atoms with Gasteiger partial charge < -0.3 is 0 Å². The number of benzene rings is 3. The van der Waals surface area contributed by atoms with Crippen molar-refractivity contribution in [2.75, 3.05) is 4.90 Å². The molecule has 2 nitrogen and oxygen atoms in total. The molecule has 0 aromatic heterocycles. The Labute approximate surface area is 153 Å². The van der Waals surface area contributed by atoms with Gasteiger partial charge >= 0.3 is 0 Å². The largest absolute Gasteiger partial charge is 0.277 e. The van der Waals surface area contributed by atoms with E-state index in [1.807, 2.05) is 73.7 Å². The summed E-state index contributed by atoms with van der Waals surface area (Å²) in [6, 6.07) is 28.5. The second-order valence-corrected chi connectivity index (χ2v) is 6.33. The van der Waals surface area contributed by atoms with Gasteiger partial charge in [0.15, 0.2) is 0 Å². The van der Waals surface area contributed by atoms with Gasteiger partial charge in [-0.3, -0.25) is 9.69 Å². The van der Waals surface area contributed by atoms with E-state index in [1.165, 1.54) is 5.56 Å². The first kappa shape index (κ1) is 16.1. The van der Waals surface area contributed by atoms with Crippen molar-refractivity contribution in [3.8, 4) is 0 Å². The number of hydrogen-bond acceptors (Lipinski definition) is 1. The molecule has 1 aliphatic rings. The Morgan fingerprint density at radius 2 is 1.23 bits per heavy atom. The van der Waals surface area contributed by atoms with Gasteiger partial charge in [-0.2, -0.15) is 0 Å². The fraction of sp³-hybridized carbons (Fsp3) is 0.0417. The van der Waals surface area contributed by atoms with Crippen molar-refractivity contribution in [3.63, 3.8) is 0 Å². The van der Waals surface area contributed by atoms with E-state index in [0.717, 1.165) is 28.1 Å². The van der Waals surface area contributed by atoms with E-state index in [2.05, 4.69) is 24.3 Å². The number of hydrogen-bond donors (Lipinski definition) is 0. The minimum Gasteiger partial charge on any atom is -0.277 e. The molecule has 0 saturated heterocycles. The van der Waals surface area contributed by atoms with Crippen LogP contribution in [0.4, 0.5) is 5.69 Å². The fourth-order valence-corrected chi connectivity index (χ4v) is 3.25. The summed E-state index contributed by atoms with van der Waals surface area (Å²) in [5, 5.41) is 0. The first-order chi connectivity index (χ1) is 12.7. The summed E-state index contributed by atoms with van der Waals surface area (Å²) in [5.74, 6) is -0.0202. The number of amides is 1. The third-order valence-electron chi connectivity index (χ3n) is 4.52. The Hall–Kier alpha value is -3.39. The van der Waals surface area contributed by atoms with Crippen molar-refractivity contribution < 1.29 is 4.79 Å². The van der Waals surface area contributed by atoms with Crippen LogP contribution in [0, 0.1) is 6.92 Å². The maximum atomic E-state index is 12.6. The van der Waals surface area contributed by atoms with Crippen LogP contribution >= 0.6 is 0 Å². The summed E-state index contributed by atoms with van der Waals surface area (Å²) in [6.07, 6.45) is 3.55. The van der Waals surface area contributed by atoms with Crippen LogP contribution < -0.4 is 4.90 Å². The van der Waals surface area contributed by atoms with E-state index in [9.17, 15) is 4.79 Å². The number of rotatable bonds is 3. The molecule has 0 bridgehead atoms. The molecule has 3 aromatic carbocycles. The Morgan fingerprint density at radius 3 is 1.77 bits per heavy atom. The monoisotopic (exact) mass is 337 g/mol. The third-order valence-corrected chi connectivity index (χ3v) is 4.52. The van der Waals surface area contributed by atoms with Crippen LogP contribution in [0.1, 0.15) is 16.7 Å². The summed E-state index contributed by atoms with van der Waals surface area (Å²) in [7, 11) is 0. The molecule has 0 atom stereocenters. The molecule has 0 spiro atoms. The number of nitrogens with zero attached hydrogens (tertiary/aromatic N) is 1. The molecule has 0 saturated carbocycles. The van der Waals surface area contributed by atoms with Crippen LogP contribution in [0.3, 0.4) is 0 Å². The lowest BCUT2D eigenvalue weighted by molar-refractivity contribution is -0.113. The van der Waals surface area contributed by atoms with Crippen LogP contribution in [-0.4, -0.2) is 5.91 Å². The minimum absolute atomic E-state index is 0.0202. The molecule has 2 heteroatoms. The lowest BCUT2D eigenvalue weighted by Gasteiger charge is -2.22. The van der Waals surface area contributed by atoms with Crippen LogP contribution in [0.2, 0.25) is 0 Å². The zero-order chi connectivity index (χ0) is 17.9. The molecule has 0 radical (unpaired) electrons. The van der Waals surface area contributed by atoms with Gasteiger partial charge in [0.2, 0.25) is 0 Å². The number of anilines is 1. The van der Waals surface area contributed by atoms with E-state index in [1.54, 1.807) is 11.0 Å². The molecule has 4 rings (SSSR count). The lowest BCUT2D eigenvalue weighted by atomic mass is 9.95. The second-order valence-electron chi connectivity index (χ2n) is 6.33. The van der Waals surface area contributed by atoms with Gasteiger partial charge in [-0.25, -0.2) is 0 Å². The molecule has 0 unspecified atom stereocenters. The second kappa shape index (κ2) is 6.85. The van der Waals surface area contributed by atoms with Crippen molar-refractivity contribution in [2.24, 2.45) is 0 Å². The summed E-state index contributed by atoms with van der Waals surface area (Å²) >= 11 is 0. The van der Waals surface area contributed by atoms with Gasteiger partial charge in [0.1, 0.15) is 0 Å². The highest BCUT2D eigenvalue weighted by Crippen LogP contribution is 2.34. The molecular formula is C24H19NO. The zero-order valence-electron chi connectivity index (χ0n) is 14.6. The average Bonchev–Trinajstić information content (AvgIpc) is 3.06. The molecule has 0 fully saturated rings. The smallest absolute Gasteiger partial charge is 0.255 e. The average molecular weight is 337 g/mol. The number of allylic oxidation sites excluding steroid dienone is 1.